The van der Waals surface area contributed by atoms with Crippen LogP contribution < -0.4 is 5.32 Å². The average molecular weight is 361 g/mol. The third kappa shape index (κ3) is 4.96. The van der Waals surface area contributed by atoms with Crippen molar-refractivity contribution < 1.29 is 14.0 Å². The molecule has 26 heavy (non-hydrogen) atoms. The molecule has 5 nitrogen and oxygen atoms in total. The van der Waals surface area contributed by atoms with Gasteiger partial charge in [-0.15, -0.1) is 0 Å². The number of aryl methyl sites for hydroxylation is 1. The monoisotopic (exact) mass is 361 g/mol. The lowest BCUT2D eigenvalue weighted by Gasteiger charge is -2.36. The van der Waals surface area contributed by atoms with Crippen LogP contribution in [0.15, 0.2) is 24.3 Å². The maximum atomic E-state index is 13.6. The number of carbonyl (C=O) groups excluding carboxylic acids is 2. The molecule has 1 heterocycles. The summed E-state index contributed by atoms with van der Waals surface area (Å²) in [5.41, 5.74) is 0.575. The van der Waals surface area contributed by atoms with Gasteiger partial charge in [-0.3, -0.25) is 4.79 Å². The molecular weight excluding hydrogens is 333 g/mol. The van der Waals surface area contributed by atoms with Crippen LogP contribution in [0.1, 0.15) is 44.1 Å². The van der Waals surface area contributed by atoms with Crippen LogP contribution in [0.3, 0.4) is 0 Å². The van der Waals surface area contributed by atoms with Crippen LogP contribution in [0, 0.1) is 5.82 Å². The summed E-state index contributed by atoms with van der Waals surface area (Å²) in [4.78, 5) is 28.3. The number of halogens is 1. The molecule has 1 aliphatic heterocycles. The molecule has 0 bridgehead atoms. The highest BCUT2D eigenvalue weighted by atomic mass is 19.1. The van der Waals surface area contributed by atoms with Crippen molar-refractivity contribution in [3.05, 3.63) is 35.6 Å². The minimum absolute atomic E-state index is 0.00430. The second-order valence-corrected chi connectivity index (χ2v) is 7.24. The molecule has 0 aromatic heterocycles. The smallest absolute Gasteiger partial charge is 0.317 e. The molecule has 0 radical (unpaired) electrons. The van der Waals surface area contributed by atoms with Gasteiger partial charge in [0.1, 0.15) is 5.82 Å². The predicted molar refractivity (Wildman–Crippen MR) is 98.3 cm³/mol. The van der Waals surface area contributed by atoms with Crippen molar-refractivity contribution in [2.24, 2.45) is 0 Å². The number of hydrogen-bond acceptors (Lipinski definition) is 2. The van der Waals surface area contributed by atoms with E-state index < -0.39 is 0 Å². The Hall–Kier alpha value is -2.11. The summed E-state index contributed by atoms with van der Waals surface area (Å²) < 4.78 is 13.6. The zero-order valence-electron chi connectivity index (χ0n) is 15.3. The van der Waals surface area contributed by atoms with Gasteiger partial charge in [0.15, 0.2) is 0 Å². The lowest BCUT2D eigenvalue weighted by atomic mass is 9.96. The standard InChI is InChI=1S/C20H28FN3O2/c21-18-9-5-4-6-16(18)10-11-19(25)23-12-14-24(15-13-23)20(26)22-17-7-2-1-3-8-17/h4-6,9,17H,1-3,7-8,10-15H2,(H,22,26). The summed E-state index contributed by atoms with van der Waals surface area (Å²) >= 11 is 0. The fourth-order valence-electron chi connectivity index (χ4n) is 3.77. The van der Waals surface area contributed by atoms with Gasteiger partial charge in [-0.05, 0) is 30.9 Å². The van der Waals surface area contributed by atoms with Crippen molar-refractivity contribution in [3.8, 4) is 0 Å². The Morgan fingerprint density at radius 2 is 1.65 bits per heavy atom. The largest absolute Gasteiger partial charge is 0.339 e. The number of rotatable bonds is 4. The second-order valence-electron chi connectivity index (χ2n) is 7.24. The molecule has 0 spiro atoms. The first kappa shape index (κ1) is 18.7. The fraction of sp³-hybridized carbons (Fsp3) is 0.600. The van der Waals surface area contributed by atoms with Gasteiger partial charge in [0, 0.05) is 38.6 Å². The molecule has 1 saturated carbocycles. The van der Waals surface area contributed by atoms with E-state index in [1.54, 1.807) is 28.0 Å². The minimum atomic E-state index is -0.260. The van der Waals surface area contributed by atoms with Crippen LogP contribution >= 0.6 is 0 Å². The first-order chi connectivity index (χ1) is 12.6. The SMILES string of the molecule is O=C(CCc1ccccc1F)N1CCN(C(=O)NC2CCCCC2)CC1. The van der Waals surface area contributed by atoms with Gasteiger partial charge >= 0.3 is 6.03 Å². The van der Waals surface area contributed by atoms with Crippen LogP contribution in [-0.4, -0.2) is 54.0 Å². The van der Waals surface area contributed by atoms with Crippen LogP contribution in [0.4, 0.5) is 9.18 Å². The van der Waals surface area contributed by atoms with Gasteiger partial charge in [-0.2, -0.15) is 0 Å². The first-order valence-electron chi connectivity index (χ1n) is 9.70. The topological polar surface area (TPSA) is 52.7 Å². The number of carbonyl (C=O) groups is 2. The number of benzene rings is 1. The predicted octanol–water partition coefficient (Wildman–Crippen LogP) is 2.94. The van der Waals surface area contributed by atoms with E-state index in [2.05, 4.69) is 5.32 Å². The van der Waals surface area contributed by atoms with E-state index >= 15 is 0 Å². The van der Waals surface area contributed by atoms with E-state index in [1.165, 1.54) is 25.3 Å². The van der Waals surface area contributed by atoms with E-state index in [0.717, 1.165) is 12.8 Å². The van der Waals surface area contributed by atoms with Gasteiger partial charge in [-0.25, -0.2) is 9.18 Å². The molecule has 1 saturated heterocycles. The number of nitrogens with one attached hydrogen (secondary N) is 1. The molecule has 1 aliphatic carbocycles. The van der Waals surface area contributed by atoms with Gasteiger partial charge in [0.25, 0.3) is 0 Å². The Kier molecular flexibility index (Phi) is 6.47. The van der Waals surface area contributed by atoms with Crippen molar-refractivity contribution in [3.63, 3.8) is 0 Å². The molecule has 0 unspecified atom stereocenters. The van der Waals surface area contributed by atoms with Crippen LogP contribution in [0.2, 0.25) is 0 Å². The molecule has 3 amide bonds. The number of nitrogens with zero attached hydrogens (tertiary/aromatic N) is 2. The van der Waals surface area contributed by atoms with Crippen molar-refractivity contribution in [2.45, 2.75) is 51.0 Å². The van der Waals surface area contributed by atoms with Gasteiger partial charge in [-0.1, -0.05) is 37.5 Å². The summed E-state index contributed by atoms with van der Waals surface area (Å²) in [6, 6.07) is 6.87. The molecule has 1 aromatic carbocycles. The van der Waals surface area contributed by atoms with Crippen molar-refractivity contribution in [1.82, 2.24) is 15.1 Å². The Morgan fingerprint density at radius 1 is 1.00 bits per heavy atom. The highest BCUT2D eigenvalue weighted by molar-refractivity contribution is 5.78. The molecule has 0 atom stereocenters. The highest BCUT2D eigenvalue weighted by Crippen LogP contribution is 2.18. The maximum Gasteiger partial charge on any atom is 0.317 e. The zero-order chi connectivity index (χ0) is 18.4. The van der Waals surface area contributed by atoms with Crippen molar-refractivity contribution >= 4 is 11.9 Å². The quantitative estimate of drug-likeness (QED) is 0.896. The molecular formula is C20H28FN3O2. The Morgan fingerprint density at radius 3 is 2.35 bits per heavy atom. The molecule has 1 aromatic rings. The number of hydrogen-bond donors (Lipinski definition) is 1. The third-order valence-electron chi connectivity index (χ3n) is 5.42. The van der Waals surface area contributed by atoms with E-state index in [-0.39, 0.29) is 17.8 Å². The Labute approximate surface area is 154 Å². The third-order valence-corrected chi connectivity index (χ3v) is 5.42. The van der Waals surface area contributed by atoms with Gasteiger partial charge in [0.05, 0.1) is 0 Å². The van der Waals surface area contributed by atoms with E-state index in [9.17, 15) is 14.0 Å². The summed E-state index contributed by atoms with van der Waals surface area (Å²) in [7, 11) is 0. The normalized spacial score (nSPS) is 18.7. The zero-order valence-corrected chi connectivity index (χ0v) is 15.3. The molecule has 3 rings (SSSR count). The van der Waals surface area contributed by atoms with Crippen molar-refractivity contribution in [2.75, 3.05) is 26.2 Å². The van der Waals surface area contributed by atoms with E-state index in [4.69, 9.17) is 0 Å². The Balaban J connectivity index is 1.40. The maximum absolute atomic E-state index is 13.6. The lowest BCUT2D eigenvalue weighted by molar-refractivity contribution is -0.132. The van der Waals surface area contributed by atoms with Gasteiger partial charge in [0.2, 0.25) is 5.91 Å². The fourth-order valence-corrected chi connectivity index (χ4v) is 3.77. The lowest BCUT2D eigenvalue weighted by Crippen LogP contribution is -2.54. The average Bonchev–Trinajstić information content (AvgIpc) is 2.68. The number of piperazine rings is 1. The van der Waals surface area contributed by atoms with Crippen LogP contribution in [-0.2, 0) is 11.2 Å². The van der Waals surface area contributed by atoms with Crippen LogP contribution in [0.25, 0.3) is 0 Å². The molecule has 1 N–H and O–H groups in total. The van der Waals surface area contributed by atoms with E-state index in [0.29, 0.717) is 50.6 Å². The van der Waals surface area contributed by atoms with Gasteiger partial charge < -0.3 is 15.1 Å². The summed E-state index contributed by atoms with van der Waals surface area (Å²) in [6.07, 6.45) is 6.49. The number of amides is 3. The Bertz CT molecular complexity index is 623. The molecule has 2 fully saturated rings. The minimum Gasteiger partial charge on any atom is -0.339 e. The summed E-state index contributed by atoms with van der Waals surface area (Å²) in [5.74, 6) is -0.231. The summed E-state index contributed by atoms with van der Waals surface area (Å²) in [5, 5.41) is 3.13. The van der Waals surface area contributed by atoms with Crippen molar-refractivity contribution in [1.29, 1.82) is 0 Å². The number of urea groups is 1. The van der Waals surface area contributed by atoms with Crippen LogP contribution in [0.5, 0.6) is 0 Å². The van der Waals surface area contributed by atoms with E-state index in [1.807, 2.05) is 0 Å². The summed E-state index contributed by atoms with van der Waals surface area (Å²) in [6.45, 7) is 2.22. The first-order valence-corrected chi connectivity index (χ1v) is 9.70. The highest BCUT2D eigenvalue weighted by Gasteiger charge is 2.25. The molecule has 142 valence electrons. The second kappa shape index (κ2) is 9.01. The molecule has 2 aliphatic rings. The molecule has 6 heteroatoms.